The molecule has 0 aromatic heterocycles. The van der Waals surface area contributed by atoms with Crippen molar-refractivity contribution in [1.29, 1.82) is 0 Å². The molecule has 0 unspecified atom stereocenters. The van der Waals surface area contributed by atoms with Gasteiger partial charge >= 0.3 is 5.97 Å². The minimum absolute atomic E-state index is 0.0772. The zero-order valence-corrected chi connectivity index (χ0v) is 8.49. The van der Waals surface area contributed by atoms with Crippen LogP contribution in [0.1, 0.15) is 15.9 Å². The van der Waals surface area contributed by atoms with E-state index in [1.54, 1.807) is 12.1 Å². The molecule has 0 bridgehead atoms. The summed E-state index contributed by atoms with van der Waals surface area (Å²) >= 11 is 4.54. The number of hydrogen-bond donors (Lipinski definition) is 3. The van der Waals surface area contributed by atoms with Crippen LogP contribution in [0.3, 0.4) is 0 Å². The van der Waals surface area contributed by atoms with Crippen molar-refractivity contribution in [3.8, 4) is 0 Å². The normalized spacial score (nSPS) is 10.1. The van der Waals surface area contributed by atoms with Gasteiger partial charge in [0.15, 0.2) is 5.11 Å². The quantitative estimate of drug-likeness (QED) is 0.396. The fourth-order valence-corrected chi connectivity index (χ4v) is 0.935. The molecule has 15 heavy (non-hydrogen) atoms. The van der Waals surface area contributed by atoms with Crippen molar-refractivity contribution in [2.75, 3.05) is 0 Å². The second-order valence-corrected chi connectivity index (χ2v) is 3.10. The topological polar surface area (TPSA) is 87.7 Å². The monoisotopic (exact) mass is 223 g/mol. The molecule has 0 heterocycles. The lowest BCUT2D eigenvalue weighted by molar-refractivity contribution is 0.0697. The fourth-order valence-electron chi connectivity index (χ4n) is 0.882. The van der Waals surface area contributed by atoms with Gasteiger partial charge in [0.05, 0.1) is 11.8 Å². The SMILES string of the molecule is NC(=S)N/N=C/c1ccc(C(=O)O)cc1. The van der Waals surface area contributed by atoms with E-state index in [9.17, 15) is 4.79 Å². The summed E-state index contributed by atoms with van der Waals surface area (Å²) in [5, 5.41) is 12.4. The van der Waals surface area contributed by atoms with Crippen LogP contribution >= 0.6 is 12.2 Å². The van der Waals surface area contributed by atoms with Crippen molar-refractivity contribution in [3.63, 3.8) is 0 Å². The molecule has 6 heteroatoms. The van der Waals surface area contributed by atoms with Crippen molar-refractivity contribution in [1.82, 2.24) is 5.43 Å². The molecule has 0 saturated heterocycles. The standard InChI is InChI=1S/C9H9N3O2S/c10-9(15)12-11-5-6-1-3-7(4-2-6)8(13)14/h1-5H,(H,13,14)(H3,10,12,15)/b11-5+. The van der Waals surface area contributed by atoms with E-state index in [1.807, 2.05) is 0 Å². The van der Waals surface area contributed by atoms with Gasteiger partial charge in [-0.2, -0.15) is 5.10 Å². The predicted octanol–water partition coefficient (Wildman–Crippen LogP) is 0.552. The fraction of sp³-hybridized carbons (Fsp3) is 0. The molecular weight excluding hydrogens is 214 g/mol. The maximum Gasteiger partial charge on any atom is 0.335 e. The summed E-state index contributed by atoms with van der Waals surface area (Å²) in [6.07, 6.45) is 1.49. The van der Waals surface area contributed by atoms with Crippen LogP contribution in [-0.2, 0) is 0 Å². The molecule has 0 aliphatic rings. The first kappa shape index (κ1) is 11.1. The second-order valence-electron chi connectivity index (χ2n) is 2.66. The van der Waals surface area contributed by atoms with Gasteiger partial charge in [0.2, 0.25) is 0 Å². The number of carbonyl (C=O) groups is 1. The Hall–Kier alpha value is -1.95. The third-order valence-corrected chi connectivity index (χ3v) is 1.64. The minimum atomic E-state index is -0.959. The number of nitrogens with two attached hydrogens (primary N) is 1. The number of carboxylic acid groups (broad SMARTS) is 1. The summed E-state index contributed by atoms with van der Waals surface area (Å²) in [7, 11) is 0. The zero-order valence-electron chi connectivity index (χ0n) is 7.68. The van der Waals surface area contributed by atoms with E-state index >= 15 is 0 Å². The average molecular weight is 223 g/mol. The van der Waals surface area contributed by atoms with E-state index in [1.165, 1.54) is 18.3 Å². The van der Waals surface area contributed by atoms with Gasteiger partial charge in [-0.15, -0.1) is 0 Å². The van der Waals surface area contributed by atoms with Gasteiger partial charge in [-0.25, -0.2) is 4.79 Å². The van der Waals surface area contributed by atoms with Crippen LogP contribution in [-0.4, -0.2) is 22.4 Å². The highest BCUT2D eigenvalue weighted by Crippen LogP contribution is 2.01. The summed E-state index contributed by atoms with van der Waals surface area (Å²) in [5.74, 6) is -0.959. The Morgan fingerprint density at radius 3 is 2.53 bits per heavy atom. The Balaban J connectivity index is 2.68. The van der Waals surface area contributed by atoms with Gasteiger partial charge in [0, 0.05) is 0 Å². The molecular formula is C9H9N3O2S. The number of thiocarbonyl (C=S) groups is 1. The molecule has 0 aliphatic carbocycles. The Labute approximate surface area is 91.6 Å². The highest BCUT2D eigenvalue weighted by atomic mass is 32.1. The number of nitrogens with zero attached hydrogens (tertiary/aromatic N) is 1. The first-order valence-corrected chi connectivity index (χ1v) is 4.42. The Kier molecular flexibility index (Phi) is 3.75. The highest BCUT2D eigenvalue weighted by Gasteiger charge is 1.99. The van der Waals surface area contributed by atoms with Crippen LogP contribution in [0.2, 0.25) is 0 Å². The lowest BCUT2D eigenvalue weighted by Gasteiger charge is -1.96. The lowest BCUT2D eigenvalue weighted by atomic mass is 10.1. The predicted molar refractivity (Wildman–Crippen MR) is 60.9 cm³/mol. The zero-order chi connectivity index (χ0) is 11.3. The molecule has 0 fully saturated rings. The summed E-state index contributed by atoms with van der Waals surface area (Å²) in [5.41, 5.74) is 8.53. The molecule has 1 rings (SSSR count). The molecule has 1 aromatic rings. The molecule has 78 valence electrons. The van der Waals surface area contributed by atoms with E-state index in [4.69, 9.17) is 10.8 Å². The van der Waals surface area contributed by atoms with E-state index < -0.39 is 5.97 Å². The molecule has 5 nitrogen and oxygen atoms in total. The first-order valence-electron chi connectivity index (χ1n) is 4.01. The molecule has 0 amide bonds. The third-order valence-electron chi connectivity index (χ3n) is 1.55. The lowest BCUT2D eigenvalue weighted by Crippen LogP contribution is -2.23. The minimum Gasteiger partial charge on any atom is -0.478 e. The molecule has 4 N–H and O–H groups in total. The van der Waals surface area contributed by atoms with Crippen molar-refractivity contribution >= 4 is 29.5 Å². The summed E-state index contributed by atoms with van der Waals surface area (Å²) in [4.78, 5) is 10.5. The summed E-state index contributed by atoms with van der Waals surface area (Å²) < 4.78 is 0. The number of hydrazone groups is 1. The van der Waals surface area contributed by atoms with Crippen molar-refractivity contribution in [2.45, 2.75) is 0 Å². The third kappa shape index (κ3) is 3.74. The van der Waals surface area contributed by atoms with Crippen molar-refractivity contribution < 1.29 is 9.90 Å². The molecule has 0 atom stereocenters. The van der Waals surface area contributed by atoms with E-state index in [0.717, 1.165) is 5.56 Å². The van der Waals surface area contributed by atoms with Crippen LogP contribution in [0.5, 0.6) is 0 Å². The largest absolute Gasteiger partial charge is 0.478 e. The van der Waals surface area contributed by atoms with Gasteiger partial charge in [0.25, 0.3) is 0 Å². The number of aromatic carboxylic acids is 1. The number of nitrogens with one attached hydrogen (secondary N) is 1. The Morgan fingerprint density at radius 2 is 2.07 bits per heavy atom. The maximum atomic E-state index is 10.5. The van der Waals surface area contributed by atoms with Gasteiger partial charge in [-0.05, 0) is 29.9 Å². The Morgan fingerprint density at radius 1 is 1.47 bits per heavy atom. The van der Waals surface area contributed by atoms with Crippen LogP contribution < -0.4 is 11.2 Å². The van der Waals surface area contributed by atoms with Crippen LogP contribution in [0.25, 0.3) is 0 Å². The molecule has 0 aliphatic heterocycles. The van der Waals surface area contributed by atoms with Crippen molar-refractivity contribution in [3.05, 3.63) is 35.4 Å². The Bertz CT molecular complexity index is 400. The second kappa shape index (κ2) is 5.06. The molecule has 0 saturated carbocycles. The maximum absolute atomic E-state index is 10.5. The average Bonchev–Trinajstić information content (AvgIpc) is 2.18. The van der Waals surface area contributed by atoms with Gasteiger partial charge < -0.3 is 10.8 Å². The summed E-state index contributed by atoms with van der Waals surface area (Å²) in [6, 6.07) is 6.25. The summed E-state index contributed by atoms with van der Waals surface area (Å²) in [6.45, 7) is 0. The van der Waals surface area contributed by atoms with E-state index in [-0.39, 0.29) is 10.7 Å². The molecule has 0 spiro atoms. The number of carboxylic acids is 1. The first-order chi connectivity index (χ1) is 7.09. The smallest absolute Gasteiger partial charge is 0.335 e. The highest BCUT2D eigenvalue weighted by molar-refractivity contribution is 7.80. The van der Waals surface area contributed by atoms with E-state index in [0.29, 0.717) is 0 Å². The number of hydrogen-bond acceptors (Lipinski definition) is 3. The number of benzene rings is 1. The molecule has 1 aromatic carbocycles. The van der Waals surface area contributed by atoms with Crippen LogP contribution in [0, 0.1) is 0 Å². The van der Waals surface area contributed by atoms with Crippen molar-refractivity contribution in [2.24, 2.45) is 10.8 Å². The number of rotatable bonds is 3. The van der Waals surface area contributed by atoms with Gasteiger partial charge in [-0.1, -0.05) is 12.1 Å². The van der Waals surface area contributed by atoms with Gasteiger partial charge in [0.1, 0.15) is 0 Å². The van der Waals surface area contributed by atoms with Crippen LogP contribution in [0.4, 0.5) is 0 Å². The van der Waals surface area contributed by atoms with E-state index in [2.05, 4.69) is 22.7 Å². The molecule has 0 radical (unpaired) electrons. The van der Waals surface area contributed by atoms with Gasteiger partial charge in [-0.3, -0.25) is 5.43 Å². The van der Waals surface area contributed by atoms with Crippen LogP contribution in [0.15, 0.2) is 29.4 Å².